The molecule has 0 amide bonds. The highest BCUT2D eigenvalue weighted by Crippen LogP contribution is 2.32. The average molecular weight is 274 g/mol. The SMILES string of the molecule is CC1COc2ccc(C(=O)c3cccs3)cc2OC1. The van der Waals surface area contributed by atoms with E-state index in [2.05, 4.69) is 6.92 Å². The standard InChI is InChI=1S/C15H14O3S/c1-10-8-17-12-5-4-11(7-13(12)18-9-10)15(16)14-3-2-6-19-14/h2-7,10H,8-9H2,1H3. The van der Waals surface area contributed by atoms with Crippen molar-refractivity contribution in [2.75, 3.05) is 13.2 Å². The largest absolute Gasteiger partial charge is 0.489 e. The summed E-state index contributed by atoms with van der Waals surface area (Å²) in [6, 6.07) is 9.09. The average Bonchev–Trinajstić information content (AvgIpc) is 2.90. The summed E-state index contributed by atoms with van der Waals surface area (Å²) in [5, 5.41) is 1.90. The minimum Gasteiger partial charge on any atom is -0.489 e. The highest BCUT2D eigenvalue weighted by Gasteiger charge is 2.18. The number of benzene rings is 1. The molecule has 1 atom stereocenters. The number of hydrogen-bond acceptors (Lipinski definition) is 4. The van der Waals surface area contributed by atoms with E-state index in [1.54, 1.807) is 12.1 Å². The Morgan fingerprint density at radius 3 is 2.74 bits per heavy atom. The Morgan fingerprint density at radius 1 is 1.21 bits per heavy atom. The summed E-state index contributed by atoms with van der Waals surface area (Å²) >= 11 is 1.45. The third kappa shape index (κ3) is 2.49. The lowest BCUT2D eigenvalue weighted by atomic mass is 10.1. The second-order valence-electron chi connectivity index (χ2n) is 4.70. The molecule has 0 bridgehead atoms. The van der Waals surface area contributed by atoms with Crippen LogP contribution in [0.5, 0.6) is 11.5 Å². The van der Waals surface area contributed by atoms with Crippen LogP contribution in [0.4, 0.5) is 0 Å². The highest BCUT2D eigenvalue weighted by molar-refractivity contribution is 7.12. The summed E-state index contributed by atoms with van der Waals surface area (Å²) in [6.07, 6.45) is 0. The normalized spacial score (nSPS) is 17.8. The van der Waals surface area contributed by atoms with Gasteiger partial charge in [-0.25, -0.2) is 0 Å². The van der Waals surface area contributed by atoms with Crippen LogP contribution in [0.15, 0.2) is 35.7 Å². The zero-order valence-corrected chi connectivity index (χ0v) is 11.4. The van der Waals surface area contributed by atoms with Gasteiger partial charge in [0, 0.05) is 11.5 Å². The van der Waals surface area contributed by atoms with Crippen molar-refractivity contribution in [1.29, 1.82) is 0 Å². The first kappa shape index (κ1) is 12.2. The zero-order chi connectivity index (χ0) is 13.2. The fourth-order valence-electron chi connectivity index (χ4n) is 1.94. The number of carbonyl (C=O) groups is 1. The van der Waals surface area contributed by atoms with Crippen LogP contribution in [0.25, 0.3) is 0 Å². The third-order valence-corrected chi connectivity index (χ3v) is 3.87. The van der Waals surface area contributed by atoms with Crippen molar-refractivity contribution in [2.24, 2.45) is 5.92 Å². The van der Waals surface area contributed by atoms with Gasteiger partial charge >= 0.3 is 0 Å². The fraction of sp³-hybridized carbons (Fsp3) is 0.267. The van der Waals surface area contributed by atoms with Gasteiger partial charge in [-0.05, 0) is 29.6 Å². The Balaban J connectivity index is 1.91. The lowest BCUT2D eigenvalue weighted by molar-refractivity contribution is 0.104. The van der Waals surface area contributed by atoms with E-state index in [1.165, 1.54) is 11.3 Å². The number of fused-ring (bicyclic) bond motifs is 1. The molecule has 3 nitrogen and oxygen atoms in total. The van der Waals surface area contributed by atoms with E-state index in [9.17, 15) is 4.79 Å². The molecule has 2 aromatic rings. The molecule has 19 heavy (non-hydrogen) atoms. The van der Waals surface area contributed by atoms with Crippen molar-refractivity contribution in [2.45, 2.75) is 6.92 Å². The molecule has 1 aromatic heterocycles. The fourth-order valence-corrected chi connectivity index (χ4v) is 2.63. The van der Waals surface area contributed by atoms with Gasteiger partial charge in [0.05, 0.1) is 18.1 Å². The smallest absolute Gasteiger partial charge is 0.203 e. The summed E-state index contributed by atoms with van der Waals surface area (Å²) in [6.45, 7) is 3.33. The van der Waals surface area contributed by atoms with Crippen LogP contribution < -0.4 is 9.47 Å². The second-order valence-corrected chi connectivity index (χ2v) is 5.64. The number of carbonyl (C=O) groups excluding carboxylic acids is 1. The number of ketones is 1. The van der Waals surface area contributed by atoms with Crippen LogP contribution >= 0.6 is 11.3 Å². The minimum absolute atomic E-state index is 0.0266. The lowest BCUT2D eigenvalue weighted by Crippen LogP contribution is -2.12. The number of ether oxygens (including phenoxy) is 2. The Morgan fingerprint density at radius 2 is 2.00 bits per heavy atom. The molecule has 3 rings (SSSR count). The summed E-state index contributed by atoms with van der Waals surface area (Å²) < 4.78 is 11.3. The Kier molecular flexibility index (Phi) is 3.25. The van der Waals surface area contributed by atoms with Crippen LogP contribution in [-0.2, 0) is 0 Å². The predicted octanol–water partition coefficient (Wildman–Crippen LogP) is 3.39. The van der Waals surface area contributed by atoms with Crippen LogP contribution in [0.3, 0.4) is 0 Å². The van der Waals surface area contributed by atoms with Gasteiger partial charge in [-0.15, -0.1) is 11.3 Å². The van der Waals surface area contributed by atoms with Crippen molar-refractivity contribution in [3.63, 3.8) is 0 Å². The third-order valence-electron chi connectivity index (χ3n) is 3.00. The molecular weight excluding hydrogens is 260 g/mol. The van der Waals surface area contributed by atoms with E-state index in [1.807, 2.05) is 23.6 Å². The van der Waals surface area contributed by atoms with Crippen molar-refractivity contribution in [3.05, 3.63) is 46.2 Å². The number of hydrogen-bond donors (Lipinski definition) is 0. The van der Waals surface area contributed by atoms with Crippen molar-refractivity contribution in [1.82, 2.24) is 0 Å². The topological polar surface area (TPSA) is 35.5 Å². The first-order chi connectivity index (χ1) is 9.24. The van der Waals surface area contributed by atoms with E-state index in [-0.39, 0.29) is 5.78 Å². The lowest BCUT2D eigenvalue weighted by Gasteiger charge is -2.08. The molecule has 1 aliphatic heterocycles. The minimum atomic E-state index is 0.0266. The van der Waals surface area contributed by atoms with Crippen LogP contribution in [0.1, 0.15) is 22.2 Å². The summed E-state index contributed by atoms with van der Waals surface area (Å²) in [4.78, 5) is 13.0. The first-order valence-corrected chi connectivity index (χ1v) is 7.10. The van der Waals surface area contributed by atoms with Crippen molar-refractivity contribution >= 4 is 17.1 Å². The molecule has 0 aliphatic carbocycles. The van der Waals surface area contributed by atoms with Gasteiger partial charge in [-0.1, -0.05) is 13.0 Å². The van der Waals surface area contributed by atoms with Crippen LogP contribution in [0, 0.1) is 5.92 Å². The first-order valence-electron chi connectivity index (χ1n) is 6.22. The van der Waals surface area contributed by atoms with Crippen LogP contribution in [-0.4, -0.2) is 19.0 Å². The van der Waals surface area contributed by atoms with Gasteiger partial charge in [-0.3, -0.25) is 4.79 Å². The van der Waals surface area contributed by atoms with Gasteiger partial charge in [0.1, 0.15) is 0 Å². The maximum absolute atomic E-state index is 12.3. The van der Waals surface area contributed by atoms with Gasteiger partial charge < -0.3 is 9.47 Å². The molecule has 2 heterocycles. The van der Waals surface area contributed by atoms with Crippen molar-refractivity contribution in [3.8, 4) is 11.5 Å². The molecule has 1 aromatic carbocycles. The van der Waals surface area contributed by atoms with Crippen LogP contribution in [0.2, 0.25) is 0 Å². The molecular formula is C15H14O3S. The van der Waals surface area contributed by atoms with E-state index in [0.29, 0.717) is 36.2 Å². The number of thiophene rings is 1. The number of rotatable bonds is 2. The molecule has 98 valence electrons. The second kappa shape index (κ2) is 5.05. The van der Waals surface area contributed by atoms with Gasteiger partial charge in [0.15, 0.2) is 11.5 Å². The molecule has 0 spiro atoms. The molecule has 1 aliphatic rings. The van der Waals surface area contributed by atoms with Gasteiger partial charge in [0.25, 0.3) is 0 Å². The van der Waals surface area contributed by atoms with E-state index < -0.39 is 0 Å². The highest BCUT2D eigenvalue weighted by atomic mass is 32.1. The monoisotopic (exact) mass is 274 g/mol. The molecule has 0 saturated heterocycles. The molecule has 4 heteroatoms. The summed E-state index contributed by atoms with van der Waals surface area (Å²) in [7, 11) is 0. The molecule has 0 saturated carbocycles. The van der Waals surface area contributed by atoms with Crippen molar-refractivity contribution < 1.29 is 14.3 Å². The Bertz CT molecular complexity index is 589. The van der Waals surface area contributed by atoms with Gasteiger partial charge in [0.2, 0.25) is 5.78 Å². The Labute approximate surface area is 115 Å². The zero-order valence-electron chi connectivity index (χ0n) is 10.6. The molecule has 0 N–H and O–H groups in total. The van der Waals surface area contributed by atoms with E-state index in [4.69, 9.17) is 9.47 Å². The summed E-state index contributed by atoms with van der Waals surface area (Å²) in [5.41, 5.74) is 0.638. The van der Waals surface area contributed by atoms with E-state index in [0.717, 1.165) is 4.88 Å². The molecule has 0 fully saturated rings. The quantitative estimate of drug-likeness (QED) is 0.787. The van der Waals surface area contributed by atoms with E-state index >= 15 is 0 Å². The van der Waals surface area contributed by atoms with Gasteiger partial charge in [-0.2, -0.15) is 0 Å². The molecule has 0 radical (unpaired) electrons. The molecule has 1 unspecified atom stereocenters. The maximum atomic E-state index is 12.3. The summed E-state index contributed by atoms with van der Waals surface area (Å²) in [5.74, 6) is 1.75. The predicted molar refractivity (Wildman–Crippen MR) is 74.3 cm³/mol. The Hall–Kier alpha value is -1.81. The maximum Gasteiger partial charge on any atom is 0.203 e.